The van der Waals surface area contributed by atoms with Crippen molar-refractivity contribution in [3.05, 3.63) is 60.0 Å². The van der Waals surface area contributed by atoms with Crippen molar-refractivity contribution in [1.29, 1.82) is 0 Å². The van der Waals surface area contributed by atoms with Gasteiger partial charge in [0.2, 0.25) is 0 Å². The number of para-hydroxylation sites is 1. The lowest BCUT2D eigenvalue weighted by Gasteiger charge is -2.42. The molecule has 2 saturated carbocycles. The second-order valence-electron chi connectivity index (χ2n) is 16.3. The number of aryl methyl sites for hydroxylation is 1. The summed E-state index contributed by atoms with van der Waals surface area (Å²) in [6.07, 6.45) is 2.75. The van der Waals surface area contributed by atoms with Crippen LogP contribution in [0.15, 0.2) is 37.6 Å². The number of ether oxygens (including phenoxy) is 5. The molecule has 6 rings (SSSR count). The summed E-state index contributed by atoms with van der Waals surface area (Å²) in [6, 6.07) is 7.67. The van der Waals surface area contributed by atoms with Gasteiger partial charge in [-0.3, -0.25) is 9.36 Å². The highest BCUT2D eigenvalue weighted by Gasteiger charge is 2.54. The van der Waals surface area contributed by atoms with Crippen molar-refractivity contribution in [2.24, 2.45) is 17.3 Å². The lowest BCUT2D eigenvalue weighted by Crippen LogP contribution is -2.54. The number of rotatable bonds is 8. The van der Waals surface area contributed by atoms with E-state index >= 15 is 0 Å². The number of carbonyl (C=O) groups is 1. The lowest BCUT2D eigenvalue weighted by molar-refractivity contribution is -0.298. The molecule has 4 atom stereocenters. The number of fused-ring (bicyclic) bond motifs is 2. The normalized spacial score (nSPS) is 23.9. The maximum atomic E-state index is 14.6. The van der Waals surface area contributed by atoms with Gasteiger partial charge in [-0.25, -0.2) is 14.2 Å². The van der Waals surface area contributed by atoms with Crippen LogP contribution in [0, 0.1) is 24.2 Å². The molecule has 0 N–H and O–H groups in total. The van der Waals surface area contributed by atoms with Crippen molar-refractivity contribution in [2.75, 3.05) is 20.3 Å². The van der Waals surface area contributed by atoms with Gasteiger partial charge >= 0.3 is 11.7 Å². The van der Waals surface area contributed by atoms with Crippen LogP contribution in [0.5, 0.6) is 5.75 Å². The molecule has 0 amide bonds. The molecule has 3 aromatic rings. The van der Waals surface area contributed by atoms with Crippen LogP contribution in [0.4, 0.5) is 0 Å². The molecule has 1 aliphatic heterocycles. The summed E-state index contributed by atoms with van der Waals surface area (Å²) < 4.78 is 34.5. The number of nitrogens with zero attached hydrogens (tertiary/aromatic N) is 2. The molecular weight excluding hydrogens is 712 g/mol. The zero-order chi connectivity index (χ0) is 35.7. The van der Waals surface area contributed by atoms with E-state index in [1.807, 2.05) is 31.2 Å². The van der Waals surface area contributed by atoms with E-state index in [9.17, 15) is 14.4 Å². The first kappa shape index (κ1) is 36.3. The van der Waals surface area contributed by atoms with Gasteiger partial charge in [0.15, 0.2) is 5.79 Å². The Bertz CT molecular complexity index is 1840. The summed E-state index contributed by atoms with van der Waals surface area (Å²) in [5.41, 5.74) is -2.01. The molecule has 2 unspecified atom stereocenters. The predicted molar refractivity (Wildman–Crippen MR) is 192 cm³/mol. The van der Waals surface area contributed by atoms with Crippen molar-refractivity contribution < 1.29 is 28.5 Å². The largest absolute Gasteiger partial charge is 0.496 e. The maximum Gasteiger partial charge on any atom is 0.333 e. The molecule has 1 spiro atoms. The molecule has 49 heavy (non-hydrogen) atoms. The summed E-state index contributed by atoms with van der Waals surface area (Å²) >= 11 is 4.93. The third-order valence-corrected chi connectivity index (χ3v) is 12.4. The zero-order valence-electron chi connectivity index (χ0n) is 30.0. The molecule has 12 heteroatoms. The highest BCUT2D eigenvalue weighted by Crippen LogP contribution is 2.54. The van der Waals surface area contributed by atoms with Gasteiger partial charge in [0, 0.05) is 23.8 Å². The Morgan fingerprint density at radius 2 is 1.67 bits per heavy atom. The average Bonchev–Trinajstić information content (AvgIpc) is 3.64. The zero-order valence-corrected chi connectivity index (χ0v) is 32.4. The molecule has 1 saturated heterocycles. The monoisotopic (exact) mass is 760 g/mol. The number of hydrogen-bond acceptors (Lipinski definition) is 9. The SMILES string of the molecule is COc1ccccc1C(Cn1c(=O)n(C(C)(C)C(=O)OC(C)(C)C)c(=O)c2c(C)c(Br)sc21)OC1C[C@@H]2CC3(C[C@@H]2C1)OCC(C)(C)CO3. The van der Waals surface area contributed by atoms with E-state index in [-0.39, 0.29) is 18.1 Å². The Kier molecular flexibility index (Phi) is 9.57. The van der Waals surface area contributed by atoms with Gasteiger partial charge in [0.25, 0.3) is 5.56 Å². The number of aromatic nitrogens is 2. The van der Waals surface area contributed by atoms with Gasteiger partial charge in [0.1, 0.15) is 27.8 Å². The Morgan fingerprint density at radius 3 is 2.27 bits per heavy atom. The Morgan fingerprint density at radius 1 is 1.06 bits per heavy atom. The van der Waals surface area contributed by atoms with Gasteiger partial charge in [-0.15, -0.1) is 11.3 Å². The molecule has 3 aliphatic rings. The molecule has 10 nitrogen and oxygen atoms in total. The number of esters is 1. The van der Waals surface area contributed by atoms with E-state index < -0.39 is 40.2 Å². The number of methoxy groups -OCH3 is 1. The third kappa shape index (κ3) is 6.92. The fraction of sp³-hybridized carbons (Fsp3) is 0.649. The first-order valence-corrected chi connectivity index (χ1v) is 18.7. The topological polar surface area (TPSA) is 107 Å². The minimum absolute atomic E-state index is 0.0152. The van der Waals surface area contributed by atoms with E-state index in [4.69, 9.17) is 23.7 Å². The Labute approximate surface area is 300 Å². The van der Waals surface area contributed by atoms with Crippen molar-refractivity contribution in [3.8, 4) is 5.75 Å². The van der Waals surface area contributed by atoms with E-state index in [0.717, 1.165) is 39.6 Å². The molecule has 3 heterocycles. The molecule has 2 aliphatic carbocycles. The van der Waals surface area contributed by atoms with Crippen LogP contribution in [0.2, 0.25) is 0 Å². The van der Waals surface area contributed by atoms with Crippen LogP contribution >= 0.6 is 27.3 Å². The van der Waals surface area contributed by atoms with Gasteiger partial charge < -0.3 is 23.7 Å². The summed E-state index contributed by atoms with van der Waals surface area (Å²) in [5.74, 6) is 0.291. The van der Waals surface area contributed by atoms with E-state index in [0.29, 0.717) is 46.6 Å². The quantitative estimate of drug-likeness (QED) is 0.224. The summed E-state index contributed by atoms with van der Waals surface area (Å²) in [5, 5.41) is 0.378. The van der Waals surface area contributed by atoms with E-state index in [1.165, 1.54) is 11.3 Å². The fourth-order valence-corrected chi connectivity index (χ4v) is 9.32. The van der Waals surface area contributed by atoms with E-state index in [2.05, 4.69) is 29.8 Å². The molecule has 0 bridgehead atoms. The maximum absolute atomic E-state index is 14.6. The van der Waals surface area contributed by atoms with Gasteiger partial charge in [-0.2, -0.15) is 0 Å². The number of carbonyl (C=O) groups excluding carboxylic acids is 1. The number of halogens is 1. The van der Waals surface area contributed by atoms with Crippen molar-refractivity contribution in [1.82, 2.24) is 9.13 Å². The average molecular weight is 762 g/mol. The van der Waals surface area contributed by atoms with Crippen LogP contribution < -0.4 is 16.0 Å². The molecular formula is C37H49BrN2O8S. The number of benzene rings is 1. The van der Waals surface area contributed by atoms with E-state index in [1.54, 1.807) is 46.3 Å². The minimum Gasteiger partial charge on any atom is -0.496 e. The van der Waals surface area contributed by atoms with Crippen LogP contribution in [0.3, 0.4) is 0 Å². The van der Waals surface area contributed by atoms with Gasteiger partial charge in [-0.05, 0) is 93.8 Å². The minimum atomic E-state index is -1.59. The standard InChI is InChI=1S/C37H49BrN2O8S/c1-21-28-30(41)40(36(7,8)32(42)48-34(2,3)4)33(43)39(31(28)49-29(21)38)18-27(25-12-10-11-13-26(25)44-9)47-24-14-22-16-37(17-23(22)15-24)45-19-35(5,6)20-46-37/h10-13,22-24,27H,14-20H2,1-9H3/t22-,23+,24?,27?. The third-order valence-electron chi connectivity index (χ3n) is 10.2. The number of thiophene rings is 1. The predicted octanol–water partition coefficient (Wildman–Crippen LogP) is 7.10. The molecule has 1 aromatic carbocycles. The first-order valence-electron chi connectivity index (χ1n) is 17.1. The Hall–Kier alpha value is -2.51. The van der Waals surface area contributed by atoms with Crippen molar-refractivity contribution in [3.63, 3.8) is 0 Å². The fourth-order valence-electron chi connectivity index (χ4n) is 7.64. The van der Waals surface area contributed by atoms with Crippen molar-refractivity contribution >= 4 is 43.5 Å². The molecule has 268 valence electrons. The second kappa shape index (κ2) is 12.9. The number of hydrogen-bond donors (Lipinski definition) is 0. The first-order chi connectivity index (χ1) is 22.8. The second-order valence-corrected chi connectivity index (χ2v) is 18.6. The van der Waals surface area contributed by atoms with Crippen LogP contribution in [-0.4, -0.2) is 52.9 Å². The van der Waals surface area contributed by atoms with Crippen LogP contribution in [0.25, 0.3) is 10.2 Å². The smallest absolute Gasteiger partial charge is 0.333 e. The Balaban J connectivity index is 1.37. The molecule has 3 fully saturated rings. The lowest BCUT2D eigenvalue weighted by atomic mass is 9.94. The molecule has 2 aromatic heterocycles. The van der Waals surface area contributed by atoms with Crippen molar-refractivity contribution in [2.45, 2.75) is 117 Å². The highest BCUT2D eigenvalue weighted by molar-refractivity contribution is 9.11. The summed E-state index contributed by atoms with van der Waals surface area (Å²) in [4.78, 5) is 42.7. The molecule has 0 radical (unpaired) electrons. The summed E-state index contributed by atoms with van der Waals surface area (Å²) in [6.45, 7) is 16.0. The van der Waals surface area contributed by atoms with Crippen LogP contribution in [0.1, 0.15) is 91.4 Å². The summed E-state index contributed by atoms with van der Waals surface area (Å²) in [7, 11) is 1.62. The van der Waals surface area contributed by atoms with Gasteiger partial charge in [0.05, 0.1) is 42.1 Å². The van der Waals surface area contributed by atoms with Crippen LogP contribution in [-0.2, 0) is 35.8 Å². The highest BCUT2D eigenvalue weighted by atomic mass is 79.9. The van der Waals surface area contributed by atoms with Gasteiger partial charge in [-0.1, -0.05) is 32.0 Å².